The monoisotopic (exact) mass is 215 g/mol. The zero-order valence-corrected chi connectivity index (χ0v) is 8.35. The number of benzene rings is 1. The first-order valence-corrected chi connectivity index (χ1v) is 4.96. The van der Waals surface area contributed by atoms with Gasteiger partial charge < -0.3 is 10.1 Å². The van der Waals surface area contributed by atoms with Gasteiger partial charge in [-0.3, -0.25) is 0 Å². The molecule has 0 amide bonds. The fourth-order valence-electron chi connectivity index (χ4n) is 1.48. The number of hydrogen-bond donors (Lipinski definition) is 1. The van der Waals surface area contributed by atoms with Crippen molar-refractivity contribution in [3.05, 3.63) is 29.0 Å². The molecule has 0 bridgehead atoms. The van der Waals surface area contributed by atoms with E-state index >= 15 is 0 Å². The van der Waals surface area contributed by atoms with E-state index in [1.54, 1.807) is 0 Å². The molecule has 1 unspecified atom stereocenters. The largest absolute Gasteiger partial charge is 0.486 e. The van der Waals surface area contributed by atoms with Gasteiger partial charge in [0.25, 0.3) is 0 Å². The molecule has 76 valence electrons. The molecule has 1 saturated heterocycles. The molecular formula is C10H11ClFNO. The van der Waals surface area contributed by atoms with E-state index in [1.807, 2.05) is 0 Å². The Kier molecular flexibility index (Phi) is 2.89. The first kappa shape index (κ1) is 9.74. The van der Waals surface area contributed by atoms with Crippen LogP contribution in [0.5, 0.6) is 5.75 Å². The topological polar surface area (TPSA) is 21.3 Å². The highest BCUT2D eigenvalue weighted by Gasteiger charge is 2.17. The average molecular weight is 216 g/mol. The van der Waals surface area contributed by atoms with E-state index in [1.165, 1.54) is 18.2 Å². The molecule has 2 nitrogen and oxygen atoms in total. The second-order valence-electron chi connectivity index (χ2n) is 3.31. The smallest absolute Gasteiger partial charge is 0.165 e. The summed E-state index contributed by atoms with van der Waals surface area (Å²) in [6.45, 7) is 1.69. The van der Waals surface area contributed by atoms with E-state index in [9.17, 15) is 4.39 Å². The number of nitrogens with one attached hydrogen (secondary N) is 1. The van der Waals surface area contributed by atoms with Crippen molar-refractivity contribution in [2.45, 2.75) is 12.5 Å². The third kappa shape index (κ3) is 2.16. The van der Waals surface area contributed by atoms with Gasteiger partial charge in [0.2, 0.25) is 0 Å². The van der Waals surface area contributed by atoms with Crippen molar-refractivity contribution in [1.82, 2.24) is 5.32 Å². The molecule has 1 aromatic carbocycles. The molecule has 1 N–H and O–H groups in total. The summed E-state index contributed by atoms with van der Waals surface area (Å²) < 4.78 is 18.7. The first-order chi connectivity index (χ1) is 6.75. The summed E-state index contributed by atoms with van der Waals surface area (Å²) in [5, 5.41) is 3.64. The van der Waals surface area contributed by atoms with Crippen molar-refractivity contribution >= 4 is 11.6 Å². The quantitative estimate of drug-likeness (QED) is 0.817. The van der Waals surface area contributed by atoms with E-state index < -0.39 is 0 Å². The average Bonchev–Trinajstić information content (AvgIpc) is 2.64. The van der Waals surface area contributed by atoms with Crippen LogP contribution in [0, 0.1) is 5.82 Å². The van der Waals surface area contributed by atoms with Gasteiger partial charge >= 0.3 is 0 Å². The summed E-state index contributed by atoms with van der Waals surface area (Å²) in [4.78, 5) is 0. The van der Waals surface area contributed by atoms with E-state index in [2.05, 4.69) is 5.32 Å². The van der Waals surface area contributed by atoms with Crippen LogP contribution in [0.1, 0.15) is 6.42 Å². The highest BCUT2D eigenvalue weighted by Crippen LogP contribution is 2.23. The van der Waals surface area contributed by atoms with Gasteiger partial charge in [-0.25, -0.2) is 4.39 Å². The zero-order chi connectivity index (χ0) is 9.97. The Morgan fingerprint density at radius 3 is 3.07 bits per heavy atom. The minimum Gasteiger partial charge on any atom is -0.486 e. The number of ether oxygens (including phenoxy) is 1. The van der Waals surface area contributed by atoms with E-state index in [4.69, 9.17) is 16.3 Å². The van der Waals surface area contributed by atoms with Crippen LogP contribution in [-0.4, -0.2) is 19.2 Å². The van der Waals surface area contributed by atoms with E-state index in [0.717, 1.165) is 19.5 Å². The fraction of sp³-hybridized carbons (Fsp3) is 0.400. The van der Waals surface area contributed by atoms with Crippen molar-refractivity contribution in [3.63, 3.8) is 0 Å². The summed E-state index contributed by atoms with van der Waals surface area (Å²) in [7, 11) is 0. The molecule has 0 saturated carbocycles. The molecule has 0 aromatic heterocycles. The standard InChI is InChI=1S/C10H11ClFNO/c11-7-1-2-9(12)10(5-7)14-8-3-4-13-6-8/h1-2,5,8,13H,3-4,6H2. The van der Waals surface area contributed by atoms with Crippen LogP contribution in [0.2, 0.25) is 5.02 Å². The van der Waals surface area contributed by atoms with Crippen LogP contribution in [0.4, 0.5) is 4.39 Å². The predicted molar refractivity (Wildman–Crippen MR) is 53.3 cm³/mol. The van der Waals surface area contributed by atoms with Gasteiger partial charge in [0, 0.05) is 17.6 Å². The van der Waals surface area contributed by atoms with Crippen LogP contribution in [0.3, 0.4) is 0 Å². The molecule has 1 fully saturated rings. The Hall–Kier alpha value is -0.800. The Morgan fingerprint density at radius 2 is 2.36 bits per heavy atom. The SMILES string of the molecule is Fc1ccc(Cl)cc1OC1CCNC1. The normalized spacial score (nSPS) is 21.1. The Morgan fingerprint density at radius 1 is 1.50 bits per heavy atom. The van der Waals surface area contributed by atoms with Crippen LogP contribution in [-0.2, 0) is 0 Å². The summed E-state index contributed by atoms with van der Waals surface area (Å²) in [5.74, 6) is -0.118. The molecule has 0 spiro atoms. The van der Waals surface area contributed by atoms with Crippen molar-refractivity contribution < 1.29 is 9.13 Å². The summed E-state index contributed by atoms with van der Waals surface area (Å²) in [6.07, 6.45) is 0.967. The molecule has 0 aliphatic carbocycles. The summed E-state index contributed by atoms with van der Waals surface area (Å²) >= 11 is 5.74. The van der Waals surface area contributed by atoms with Gasteiger partial charge in [-0.15, -0.1) is 0 Å². The lowest BCUT2D eigenvalue weighted by atomic mass is 10.3. The third-order valence-corrected chi connectivity index (χ3v) is 2.44. The van der Waals surface area contributed by atoms with Crippen molar-refractivity contribution in [2.24, 2.45) is 0 Å². The lowest BCUT2D eigenvalue weighted by molar-refractivity contribution is 0.213. The van der Waals surface area contributed by atoms with Gasteiger partial charge in [-0.1, -0.05) is 11.6 Å². The second-order valence-corrected chi connectivity index (χ2v) is 3.74. The van der Waals surface area contributed by atoms with Gasteiger partial charge in [0.15, 0.2) is 11.6 Å². The van der Waals surface area contributed by atoms with Gasteiger partial charge in [0.1, 0.15) is 6.10 Å². The molecule has 1 aliphatic rings. The van der Waals surface area contributed by atoms with Crippen LogP contribution in [0.15, 0.2) is 18.2 Å². The van der Waals surface area contributed by atoms with Gasteiger partial charge in [-0.2, -0.15) is 0 Å². The molecular weight excluding hydrogens is 205 g/mol. The van der Waals surface area contributed by atoms with Gasteiger partial charge in [-0.05, 0) is 25.1 Å². The van der Waals surface area contributed by atoms with Crippen molar-refractivity contribution in [3.8, 4) is 5.75 Å². The maximum absolute atomic E-state index is 13.2. The van der Waals surface area contributed by atoms with E-state index in [0.29, 0.717) is 5.02 Å². The van der Waals surface area contributed by atoms with Crippen LogP contribution < -0.4 is 10.1 Å². The molecule has 4 heteroatoms. The number of hydrogen-bond acceptors (Lipinski definition) is 2. The number of halogens is 2. The molecule has 1 heterocycles. The van der Waals surface area contributed by atoms with Crippen molar-refractivity contribution in [2.75, 3.05) is 13.1 Å². The molecule has 14 heavy (non-hydrogen) atoms. The number of rotatable bonds is 2. The zero-order valence-electron chi connectivity index (χ0n) is 7.59. The fourth-order valence-corrected chi connectivity index (χ4v) is 1.64. The highest BCUT2D eigenvalue weighted by molar-refractivity contribution is 6.30. The lowest BCUT2D eigenvalue weighted by Crippen LogP contribution is -2.20. The first-order valence-electron chi connectivity index (χ1n) is 4.58. The minimum atomic E-state index is -0.360. The third-order valence-electron chi connectivity index (χ3n) is 2.20. The molecule has 0 radical (unpaired) electrons. The Bertz CT molecular complexity index is 326. The van der Waals surface area contributed by atoms with E-state index in [-0.39, 0.29) is 17.7 Å². The van der Waals surface area contributed by atoms with Crippen LogP contribution >= 0.6 is 11.6 Å². The Balaban J connectivity index is 2.10. The van der Waals surface area contributed by atoms with Crippen LogP contribution in [0.25, 0.3) is 0 Å². The van der Waals surface area contributed by atoms with Gasteiger partial charge in [0.05, 0.1) is 0 Å². The maximum Gasteiger partial charge on any atom is 0.165 e. The maximum atomic E-state index is 13.2. The molecule has 2 rings (SSSR count). The predicted octanol–water partition coefficient (Wildman–Crippen LogP) is 2.22. The minimum absolute atomic E-state index is 0.0583. The lowest BCUT2D eigenvalue weighted by Gasteiger charge is -2.12. The molecule has 1 aromatic rings. The molecule has 1 atom stereocenters. The highest BCUT2D eigenvalue weighted by atomic mass is 35.5. The summed E-state index contributed by atoms with van der Waals surface area (Å²) in [5.41, 5.74) is 0. The summed E-state index contributed by atoms with van der Waals surface area (Å²) in [6, 6.07) is 4.34. The second kappa shape index (κ2) is 4.15. The van der Waals surface area contributed by atoms with Crippen molar-refractivity contribution in [1.29, 1.82) is 0 Å². The Labute approximate surface area is 87.0 Å². The molecule has 1 aliphatic heterocycles.